The van der Waals surface area contributed by atoms with Crippen molar-refractivity contribution in [3.63, 3.8) is 0 Å². The summed E-state index contributed by atoms with van der Waals surface area (Å²) < 4.78 is 11.0. The van der Waals surface area contributed by atoms with Crippen molar-refractivity contribution in [1.82, 2.24) is 0 Å². The second-order valence-corrected chi connectivity index (χ2v) is 8.22. The number of imide groups is 1. The van der Waals surface area contributed by atoms with Gasteiger partial charge in [0, 0.05) is 0 Å². The van der Waals surface area contributed by atoms with Gasteiger partial charge in [-0.1, -0.05) is 50.2 Å². The van der Waals surface area contributed by atoms with Gasteiger partial charge >= 0.3 is 0 Å². The van der Waals surface area contributed by atoms with Gasteiger partial charge < -0.3 is 14.8 Å². The van der Waals surface area contributed by atoms with E-state index in [1.54, 1.807) is 31.4 Å². The van der Waals surface area contributed by atoms with E-state index in [2.05, 4.69) is 19.2 Å². The van der Waals surface area contributed by atoms with Crippen molar-refractivity contribution in [3.05, 3.63) is 89.6 Å². The Bertz CT molecular complexity index is 1230. The van der Waals surface area contributed by atoms with Gasteiger partial charge in [-0.25, -0.2) is 4.90 Å². The number of rotatable bonds is 8. The smallest absolute Gasteiger partial charge is 0.282 e. The van der Waals surface area contributed by atoms with Crippen LogP contribution in [0.1, 0.15) is 37.8 Å². The zero-order chi connectivity index (χ0) is 24.2. The van der Waals surface area contributed by atoms with Crippen LogP contribution in [0.3, 0.4) is 0 Å². The van der Waals surface area contributed by atoms with Crippen LogP contribution in [0.4, 0.5) is 11.4 Å². The summed E-state index contributed by atoms with van der Waals surface area (Å²) >= 11 is 0. The lowest BCUT2D eigenvalue weighted by Gasteiger charge is -2.17. The molecular weight excluding hydrogens is 428 g/mol. The summed E-state index contributed by atoms with van der Waals surface area (Å²) in [4.78, 5) is 28.5. The fourth-order valence-corrected chi connectivity index (χ4v) is 3.90. The molecule has 0 unspecified atom stereocenters. The molecule has 1 aliphatic rings. The molecule has 4 rings (SSSR count). The molecule has 0 aromatic heterocycles. The lowest BCUT2D eigenvalue weighted by atomic mass is 10.0. The van der Waals surface area contributed by atoms with E-state index < -0.39 is 5.91 Å². The molecule has 1 heterocycles. The molecule has 0 radical (unpaired) electrons. The van der Waals surface area contributed by atoms with Gasteiger partial charge in [-0.15, -0.1) is 0 Å². The van der Waals surface area contributed by atoms with Crippen LogP contribution in [0.15, 0.2) is 78.5 Å². The number of amides is 2. The second kappa shape index (κ2) is 9.83. The first-order valence-corrected chi connectivity index (χ1v) is 11.3. The van der Waals surface area contributed by atoms with E-state index in [0.29, 0.717) is 46.5 Å². The molecule has 1 aliphatic heterocycles. The highest BCUT2D eigenvalue weighted by atomic mass is 16.5. The Morgan fingerprint density at radius 2 is 1.56 bits per heavy atom. The predicted octanol–water partition coefficient (Wildman–Crippen LogP) is 5.61. The summed E-state index contributed by atoms with van der Waals surface area (Å²) in [6.07, 6.45) is 0. The number of nitrogens with zero attached hydrogens (tertiary/aromatic N) is 1. The van der Waals surface area contributed by atoms with E-state index in [1.807, 2.05) is 55.5 Å². The number of methoxy groups -OCH3 is 1. The monoisotopic (exact) mass is 456 g/mol. The van der Waals surface area contributed by atoms with Gasteiger partial charge in [0.25, 0.3) is 11.8 Å². The zero-order valence-corrected chi connectivity index (χ0v) is 19.8. The molecule has 174 valence electrons. The largest absolute Gasteiger partial charge is 0.497 e. The number of hydrogen-bond donors (Lipinski definition) is 1. The highest BCUT2D eigenvalue weighted by Crippen LogP contribution is 2.36. The van der Waals surface area contributed by atoms with Crippen molar-refractivity contribution in [2.75, 3.05) is 23.9 Å². The third-order valence-electron chi connectivity index (χ3n) is 5.73. The Labute approximate surface area is 199 Å². The van der Waals surface area contributed by atoms with Crippen LogP contribution in [0, 0.1) is 0 Å². The molecule has 1 N–H and O–H groups in total. The minimum Gasteiger partial charge on any atom is -0.497 e. The van der Waals surface area contributed by atoms with E-state index >= 15 is 0 Å². The molecule has 0 aliphatic carbocycles. The number of anilines is 2. The second-order valence-electron chi connectivity index (χ2n) is 8.22. The minimum absolute atomic E-state index is 0.204. The molecule has 0 saturated carbocycles. The normalized spacial score (nSPS) is 13.6. The maximum atomic E-state index is 13.6. The summed E-state index contributed by atoms with van der Waals surface area (Å²) in [5.74, 6) is 0.813. The first-order valence-electron chi connectivity index (χ1n) is 11.3. The Morgan fingerprint density at radius 1 is 0.882 bits per heavy atom. The molecule has 2 amide bonds. The fraction of sp³-hybridized carbons (Fsp3) is 0.214. The molecule has 0 bridgehead atoms. The summed E-state index contributed by atoms with van der Waals surface area (Å²) in [5, 5.41) is 3.19. The van der Waals surface area contributed by atoms with Crippen LogP contribution in [-0.2, 0) is 9.59 Å². The molecule has 6 nitrogen and oxygen atoms in total. The van der Waals surface area contributed by atoms with Crippen LogP contribution >= 0.6 is 0 Å². The van der Waals surface area contributed by atoms with Crippen LogP contribution in [0.25, 0.3) is 5.57 Å². The van der Waals surface area contributed by atoms with Crippen LogP contribution < -0.4 is 19.7 Å². The summed E-state index contributed by atoms with van der Waals surface area (Å²) in [6.45, 7) is 6.57. The maximum Gasteiger partial charge on any atom is 0.282 e. The number of nitrogens with one attached hydrogen (secondary N) is 1. The first kappa shape index (κ1) is 23.1. The SMILES string of the molecule is CCOc1ccccc1NC1=C(c2ccc(OC)cc2)C(=O)N(c2ccc(C(C)C)cc2)C1=O. The quantitative estimate of drug-likeness (QED) is 0.446. The van der Waals surface area contributed by atoms with Crippen LogP contribution in [-0.4, -0.2) is 25.5 Å². The van der Waals surface area contributed by atoms with E-state index in [4.69, 9.17) is 9.47 Å². The third kappa shape index (κ3) is 4.39. The first-order chi connectivity index (χ1) is 16.4. The van der Waals surface area contributed by atoms with Crippen molar-refractivity contribution >= 4 is 28.8 Å². The third-order valence-corrected chi connectivity index (χ3v) is 5.73. The molecule has 0 fully saturated rings. The number of carbonyl (C=O) groups is 2. The molecule has 6 heteroatoms. The summed E-state index contributed by atoms with van der Waals surface area (Å²) in [5.41, 5.74) is 3.40. The Hall–Kier alpha value is -4.06. The standard InChI is InChI=1S/C28H28N2O4/c1-5-34-24-9-7-6-8-23(24)29-26-25(20-12-16-22(33-4)17-13-20)27(31)30(28(26)32)21-14-10-19(11-15-21)18(2)3/h6-18,29H,5H2,1-4H3. The average Bonchev–Trinajstić information content (AvgIpc) is 3.09. The number of carbonyl (C=O) groups excluding carboxylic acids is 2. The van der Waals surface area contributed by atoms with E-state index in [-0.39, 0.29) is 11.6 Å². The van der Waals surface area contributed by atoms with Crippen molar-refractivity contribution in [1.29, 1.82) is 0 Å². The van der Waals surface area contributed by atoms with Crippen LogP contribution in [0.2, 0.25) is 0 Å². The maximum absolute atomic E-state index is 13.6. The van der Waals surface area contributed by atoms with Gasteiger partial charge in [0.2, 0.25) is 0 Å². The van der Waals surface area contributed by atoms with E-state index in [0.717, 1.165) is 5.56 Å². The van der Waals surface area contributed by atoms with E-state index in [9.17, 15) is 9.59 Å². The molecular formula is C28H28N2O4. The lowest BCUT2D eigenvalue weighted by molar-refractivity contribution is -0.120. The summed E-state index contributed by atoms with van der Waals surface area (Å²) in [6, 6.07) is 22.0. The molecule has 0 saturated heterocycles. The van der Waals surface area contributed by atoms with Crippen molar-refractivity contribution in [2.24, 2.45) is 0 Å². The number of ether oxygens (including phenoxy) is 2. The molecule has 3 aromatic carbocycles. The Balaban J connectivity index is 1.79. The molecule has 3 aromatic rings. The zero-order valence-electron chi connectivity index (χ0n) is 19.8. The average molecular weight is 457 g/mol. The number of benzene rings is 3. The van der Waals surface area contributed by atoms with Gasteiger partial charge in [-0.2, -0.15) is 0 Å². The van der Waals surface area contributed by atoms with Crippen LogP contribution in [0.5, 0.6) is 11.5 Å². The van der Waals surface area contributed by atoms with Gasteiger partial charge in [0.15, 0.2) is 0 Å². The molecule has 34 heavy (non-hydrogen) atoms. The number of hydrogen-bond acceptors (Lipinski definition) is 5. The Kier molecular flexibility index (Phi) is 6.68. The summed E-state index contributed by atoms with van der Waals surface area (Å²) in [7, 11) is 1.58. The molecule has 0 atom stereocenters. The van der Waals surface area contributed by atoms with Gasteiger partial charge in [-0.3, -0.25) is 9.59 Å². The van der Waals surface area contributed by atoms with Gasteiger partial charge in [-0.05, 0) is 60.4 Å². The predicted molar refractivity (Wildman–Crippen MR) is 134 cm³/mol. The van der Waals surface area contributed by atoms with Crippen molar-refractivity contribution < 1.29 is 19.1 Å². The van der Waals surface area contributed by atoms with Crippen molar-refractivity contribution in [2.45, 2.75) is 26.7 Å². The highest BCUT2D eigenvalue weighted by molar-refractivity contribution is 6.46. The topological polar surface area (TPSA) is 67.9 Å². The van der Waals surface area contributed by atoms with Gasteiger partial charge in [0.05, 0.1) is 30.7 Å². The fourth-order valence-electron chi connectivity index (χ4n) is 3.90. The number of para-hydroxylation sites is 2. The molecule has 0 spiro atoms. The minimum atomic E-state index is -0.417. The van der Waals surface area contributed by atoms with Crippen molar-refractivity contribution in [3.8, 4) is 11.5 Å². The lowest BCUT2D eigenvalue weighted by Crippen LogP contribution is -2.32. The Morgan fingerprint density at radius 3 is 2.18 bits per heavy atom. The highest BCUT2D eigenvalue weighted by Gasteiger charge is 2.40. The van der Waals surface area contributed by atoms with E-state index in [1.165, 1.54) is 4.90 Å². The van der Waals surface area contributed by atoms with Gasteiger partial charge in [0.1, 0.15) is 17.2 Å².